The molecule has 0 atom stereocenters. The molecule has 0 amide bonds. The number of benzene rings is 3. The summed E-state index contributed by atoms with van der Waals surface area (Å²) in [5, 5.41) is 29.0. The molecule has 0 heterocycles. The normalized spacial score (nSPS) is 9.08. The Morgan fingerprint density at radius 1 is 0.514 bits per heavy atom. The van der Waals surface area contributed by atoms with Gasteiger partial charge in [-0.25, -0.2) is 0 Å². The van der Waals surface area contributed by atoms with Crippen LogP contribution >= 0.6 is 0 Å². The average molecular weight is 756 g/mol. The fourth-order valence-corrected chi connectivity index (χ4v) is 2.62. The van der Waals surface area contributed by atoms with Crippen molar-refractivity contribution in [1.29, 1.82) is 0 Å². The van der Waals surface area contributed by atoms with Gasteiger partial charge in [0.05, 0.1) is 14.8 Å². The maximum absolute atomic E-state index is 10.6. The number of nitro benzene ring substituents is 3. The van der Waals surface area contributed by atoms with E-state index in [-0.39, 0.29) is 60.0 Å². The number of hydrogen-bond acceptors (Lipinski definition) is 12. The second-order valence-electron chi connectivity index (χ2n) is 6.28. The second kappa shape index (κ2) is 16.2. The Morgan fingerprint density at radius 2 is 0.730 bits per heavy atom. The number of nitrogens with zero attached hydrogens (tertiary/aromatic N) is 3. The van der Waals surface area contributed by atoms with Gasteiger partial charge in [0.15, 0.2) is 0 Å². The van der Waals surface area contributed by atoms with E-state index in [0.717, 1.165) is 18.2 Å². The molecule has 0 aliphatic heterocycles. The largest absolute Gasteiger partial charge is 3.00 e. The smallest absolute Gasteiger partial charge is 0.737 e. The van der Waals surface area contributed by atoms with Crippen LogP contribution in [0.4, 0.5) is 17.1 Å². The number of carbonyl (C=O) groups excluding carboxylic acids is 3. The van der Waals surface area contributed by atoms with Crippen molar-refractivity contribution in [3.63, 3.8) is 0 Å². The molecule has 0 spiro atoms. The Balaban J connectivity index is 0.000000518. The summed E-state index contributed by atoms with van der Waals surface area (Å²) in [4.78, 5) is 60.8. The predicted octanol–water partition coefficient (Wildman–Crippen LogP) is 3.46. The topological polar surface area (TPSA) is 181 Å². The molecular formula is C21H12BiN3O9S3. The Hall–Kier alpha value is -3.59. The first kappa shape index (κ1) is 33.4. The quantitative estimate of drug-likeness (QED) is 0.155. The van der Waals surface area contributed by atoms with Gasteiger partial charge >= 0.3 is 26.2 Å². The van der Waals surface area contributed by atoms with Gasteiger partial charge in [-0.2, -0.15) is 0 Å². The van der Waals surface area contributed by atoms with E-state index in [4.69, 9.17) is 0 Å². The van der Waals surface area contributed by atoms with Gasteiger partial charge in [0.25, 0.3) is 17.1 Å². The first-order valence-electron chi connectivity index (χ1n) is 9.21. The molecule has 0 N–H and O–H groups in total. The number of carbonyl (C=O) groups is 3. The Morgan fingerprint density at radius 3 is 0.892 bits per heavy atom. The molecule has 0 unspecified atom stereocenters. The fourth-order valence-electron chi connectivity index (χ4n) is 2.24. The molecule has 0 aliphatic carbocycles. The summed E-state index contributed by atoms with van der Waals surface area (Å²) in [6.07, 6.45) is 0. The summed E-state index contributed by atoms with van der Waals surface area (Å²) in [7, 11) is 0. The number of rotatable bonds is 6. The van der Waals surface area contributed by atoms with Gasteiger partial charge in [-0.05, 0) is 0 Å². The van der Waals surface area contributed by atoms with E-state index >= 15 is 0 Å². The fraction of sp³-hybridized carbons (Fsp3) is 0. The van der Waals surface area contributed by atoms with Crippen LogP contribution in [0, 0.1) is 30.3 Å². The van der Waals surface area contributed by atoms with E-state index in [1.54, 1.807) is 0 Å². The van der Waals surface area contributed by atoms with Crippen LogP contribution in [0.25, 0.3) is 0 Å². The van der Waals surface area contributed by atoms with Crippen LogP contribution in [0.2, 0.25) is 0 Å². The third-order valence-corrected chi connectivity index (χ3v) is 4.59. The van der Waals surface area contributed by atoms with E-state index in [1.807, 2.05) is 0 Å². The summed E-state index contributed by atoms with van der Waals surface area (Å²) in [6.45, 7) is 0. The summed E-state index contributed by atoms with van der Waals surface area (Å²) < 4.78 is 0. The Bertz CT molecular complexity index is 1090. The van der Waals surface area contributed by atoms with E-state index in [0.29, 0.717) is 0 Å². The van der Waals surface area contributed by atoms with Gasteiger partial charge < -0.3 is 52.3 Å². The van der Waals surface area contributed by atoms with Gasteiger partial charge in [-0.1, -0.05) is 36.4 Å². The minimum Gasteiger partial charge on any atom is -0.737 e. The third kappa shape index (κ3) is 11.8. The maximum Gasteiger partial charge on any atom is 3.00 e. The molecule has 0 aromatic heterocycles. The van der Waals surface area contributed by atoms with Crippen molar-refractivity contribution in [3.05, 3.63) is 120 Å². The molecule has 37 heavy (non-hydrogen) atoms. The molecule has 0 fully saturated rings. The standard InChI is InChI=1S/3C7H5NO3S.Bi/c3*9-7(12)5-2-1-3-6(4-5)8(10)11;/h3*1-4H,(H,9,12);/q;;;+3/p-3. The van der Waals surface area contributed by atoms with Crippen molar-refractivity contribution in [1.82, 2.24) is 0 Å². The molecule has 0 bridgehead atoms. The van der Waals surface area contributed by atoms with Crippen molar-refractivity contribution in [2.24, 2.45) is 0 Å². The molecule has 12 nitrogen and oxygen atoms in total. The molecule has 3 rings (SSSR count). The number of non-ortho nitro benzene ring substituents is 3. The maximum atomic E-state index is 10.6. The summed E-state index contributed by atoms with van der Waals surface area (Å²) in [5.74, 6) is 0. The molecule has 3 aromatic rings. The zero-order chi connectivity index (χ0) is 27.4. The summed E-state index contributed by atoms with van der Waals surface area (Å²) in [5.41, 5.74) is 0.180. The van der Waals surface area contributed by atoms with Gasteiger partial charge in [-0.3, -0.25) is 30.3 Å². The zero-order valence-corrected chi connectivity index (χ0v) is 24.0. The van der Waals surface area contributed by atoms with E-state index < -0.39 is 30.1 Å². The van der Waals surface area contributed by atoms with Gasteiger partial charge in [0, 0.05) is 68.4 Å². The molecule has 188 valence electrons. The average Bonchev–Trinajstić information content (AvgIpc) is 2.85. The molecule has 2 radical (unpaired) electrons. The van der Waals surface area contributed by atoms with E-state index in [2.05, 4.69) is 37.9 Å². The first-order chi connectivity index (χ1) is 16.8. The molecule has 0 saturated heterocycles. The van der Waals surface area contributed by atoms with Crippen molar-refractivity contribution in [2.75, 3.05) is 0 Å². The molecule has 0 aliphatic rings. The number of nitro groups is 3. The van der Waals surface area contributed by atoms with E-state index in [9.17, 15) is 44.7 Å². The van der Waals surface area contributed by atoms with Crippen LogP contribution in [0.3, 0.4) is 0 Å². The minimum absolute atomic E-state index is 0. The van der Waals surface area contributed by atoms with Gasteiger partial charge in [0.1, 0.15) is 0 Å². The monoisotopic (exact) mass is 755 g/mol. The zero-order valence-electron chi connectivity index (χ0n) is 18.1. The minimum atomic E-state index is -0.585. The van der Waals surface area contributed by atoms with Crippen LogP contribution < -0.4 is 0 Å². The van der Waals surface area contributed by atoms with Crippen LogP contribution in [-0.4, -0.2) is 56.3 Å². The van der Waals surface area contributed by atoms with Crippen molar-refractivity contribution in [2.45, 2.75) is 0 Å². The van der Waals surface area contributed by atoms with Crippen molar-refractivity contribution >= 4 is 96.5 Å². The van der Waals surface area contributed by atoms with Gasteiger partial charge in [-0.15, -0.1) is 0 Å². The van der Waals surface area contributed by atoms with Crippen LogP contribution in [0.5, 0.6) is 0 Å². The molecule has 3 aromatic carbocycles. The molecule has 16 heteroatoms. The Kier molecular flexibility index (Phi) is 14.6. The Labute approximate surface area is 244 Å². The predicted molar refractivity (Wildman–Crippen MR) is 140 cm³/mol. The van der Waals surface area contributed by atoms with Crippen LogP contribution in [0.15, 0.2) is 72.8 Å². The summed E-state index contributed by atoms with van der Waals surface area (Å²) in [6, 6.07) is 16.0. The molecule has 0 saturated carbocycles. The summed E-state index contributed by atoms with van der Waals surface area (Å²) >= 11 is 13.0. The molecular weight excluding hydrogens is 743 g/mol. The first-order valence-corrected chi connectivity index (χ1v) is 10.4. The van der Waals surface area contributed by atoms with Crippen LogP contribution in [-0.2, 0) is 37.9 Å². The number of hydrogen-bond donors (Lipinski definition) is 0. The second-order valence-corrected chi connectivity index (χ2v) is 7.40. The van der Waals surface area contributed by atoms with Crippen molar-refractivity contribution in [3.8, 4) is 0 Å². The van der Waals surface area contributed by atoms with E-state index in [1.165, 1.54) is 54.6 Å². The van der Waals surface area contributed by atoms with Crippen molar-refractivity contribution < 1.29 is 29.2 Å². The van der Waals surface area contributed by atoms with Gasteiger partial charge in [0.2, 0.25) is 0 Å². The van der Waals surface area contributed by atoms with Crippen LogP contribution in [0.1, 0.15) is 31.1 Å². The third-order valence-electron chi connectivity index (χ3n) is 3.88. The SMILES string of the molecule is O=C([S-])c1cccc([N+](=O)[O-])c1.O=C([S-])c1cccc([N+](=O)[O-])c1.O=C([S-])c1cccc([N+](=O)[O-])c1.[Bi+3].